The summed E-state index contributed by atoms with van der Waals surface area (Å²) in [5, 5.41) is 0. The number of hydrogen-bond donors (Lipinski definition) is 0. The molecule has 0 N–H and O–H groups in total. The Hall–Kier alpha value is -1.74. The summed E-state index contributed by atoms with van der Waals surface area (Å²) in [4.78, 5) is 0. The van der Waals surface area contributed by atoms with E-state index in [1.54, 1.807) is 0 Å². The first-order chi connectivity index (χ1) is 9.54. The summed E-state index contributed by atoms with van der Waals surface area (Å²) in [5.74, 6) is 7.35. The van der Waals surface area contributed by atoms with E-state index >= 15 is 0 Å². The minimum Gasteiger partial charge on any atom is -0.0699 e. The first kappa shape index (κ1) is 13.3. The van der Waals surface area contributed by atoms with Crippen LogP contribution in [0.15, 0.2) is 48.1 Å². The Morgan fingerprint density at radius 3 is 2.50 bits per heavy atom. The van der Waals surface area contributed by atoms with Crippen LogP contribution in [-0.2, 0) is 0 Å². The van der Waals surface area contributed by atoms with E-state index in [9.17, 15) is 0 Å². The van der Waals surface area contributed by atoms with E-state index < -0.39 is 0 Å². The first-order valence-electron chi connectivity index (χ1n) is 7.49. The van der Waals surface area contributed by atoms with Crippen molar-refractivity contribution in [1.29, 1.82) is 0 Å². The van der Waals surface area contributed by atoms with Crippen molar-refractivity contribution in [2.24, 2.45) is 16.7 Å². The zero-order valence-corrected chi connectivity index (χ0v) is 12.6. The maximum atomic E-state index is 3.40. The molecule has 102 valence electrons. The largest absolute Gasteiger partial charge is 0.0699 e. The van der Waals surface area contributed by atoms with Crippen LogP contribution in [0.25, 0.3) is 6.08 Å². The van der Waals surface area contributed by atoms with E-state index in [0.717, 1.165) is 5.92 Å². The van der Waals surface area contributed by atoms with Crippen molar-refractivity contribution in [2.75, 3.05) is 0 Å². The van der Waals surface area contributed by atoms with Gasteiger partial charge in [-0.3, -0.25) is 0 Å². The third-order valence-corrected chi connectivity index (χ3v) is 5.63. The molecule has 0 heteroatoms. The van der Waals surface area contributed by atoms with Gasteiger partial charge in [0.05, 0.1) is 0 Å². The third kappa shape index (κ3) is 1.93. The van der Waals surface area contributed by atoms with Crippen LogP contribution in [0.2, 0.25) is 0 Å². The second-order valence-electron chi connectivity index (χ2n) is 6.79. The van der Waals surface area contributed by atoms with Gasteiger partial charge >= 0.3 is 0 Å². The minimum absolute atomic E-state index is 0.283. The van der Waals surface area contributed by atoms with Crippen molar-refractivity contribution >= 4 is 6.08 Å². The minimum atomic E-state index is 0.283. The standard InChI is InChI=1S/C20H22/c1-19(2)17-13-14-20(19,3)18(15-17)12-8-7-11-16-9-5-4-6-10-16/h4-7,9-11,15,17H,13-14H2,1-3H3/b11-7+. The lowest BCUT2D eigenvalue weighted by molar-refractivity contribution is 0.175. The van der Waals surface area contributed by atoms with Crippen molar-refractivity contribution in [3.05, 3.63) is 53.6 Å². The highest BCUT2D eigenvalue weighted by Gasteiger charge is 2.56. The van der Waals surface area contributed by atoms with Crippen molar-refractivity contribution in [1.82, 2.24) is 0 Å². The van der Waals surface area contributed by atoms with Crippen LogP contribution in [0.5, 0.6) is 0 Å². The van der Waals surface area contributed by atoms with Gasteiger partial charge in [-0.1, -0.05) is 69.0 Å². The maximum Gasteiger partial charge on any atom is 0.00583 e. The average molecular weight is 262 g/mol. The molecule has 0 radical (unpaired) electrons. The number of rotatable bonds is 1. The van der Waals surface area contributed by atoms with Gasteiger partial charge in [0.2, 0.25) is 0 Å². The Kier molecular flexibility index (Phi) is 3.09. The molecule has 0 saturated heterocycles. The monoisotopic (exact) mass is 262 g/mol. The Labute approximate surface area is 122 Å². The predicted molar refractivity (Wildman–Crippen MR) is 85.9 cm³/mol. The van der Waals surface area contributed by atoms with E-state index in [-0.39, 0.29) is 5.41 Å². The highest BCUT2D eigenvalue weighted by molar-refractivity contribution is 5.54. The normalized spacial score (nSPS) is 30.1. The Balaban J connectivity index is 1.77. The lowest BCUT2D eigenvalue weighted by Gasteiger charge is -2.35. The topological polar surface area (TPSA) is 0 Å². The smallest absolute Gasteiger partial charge is 0.00583 e. The molecule has 0 heterocycles. The summed E-state index contributed by atoms with van der Waals surface area (Å²) in [6.45, 7) is 7.19. The van der Waals surface area contributed by atoms with Crippen LogP contribution in [0.4, 0.5) is 0 Å². The van der Waals surface area contributed by atoms with E-state index in [1.807, 2.05) is 12.1 Å². The van der Waals surface area contributed by atoms with Gasteiger partial charge < -0.3 is 0 Å². The molecule has 2 aliphatic rings. The fraction of sp³-hybridized carbons (Fsp3) is 0.400. The number of benzene rings is 1. The molecule has 20 heavy (non-hydrogen) atoms. The molecule has 3 rings (SSSR count). The molecule has 1 aromatic rings. The molecule has 1 saturated carbocycles. The van der Waals surface area contributed by atoms with Gasteiger partial charge in [-0.25, -0.2) is 0 Å². The molecule has 0 aliphatic heterocycles. The van der Waals surface area contributed by atoms with Gasteiger partial charge in [0, 0.05) is 11.0 Å². The van der Waals surface area contributed by atoms with Gasteiger partial charge in [0.15, 0.2) is 0 Å². The molecule has 0 spiro atoms. The predicted octanol–water partition coefficient (Wildman–Crippen LogP) is 5.09. The van der Waals surface area contributed by atoms with Crippen molar-refractivity contribution in [3.8, 4) is 11.8 Å². The quantitative estimate of drug-likeness (QED) is 0.619. The van der Waals surface area contributed by atoms with E-state index in [1.165, 1.54) is 24.0 Å². The van der Waals surface area contributed by atoms with Crippen LogP contribution < -0.4 is 0 Å². The van der Waals surface area contributed by atoms with Crippen LogP contribution >= 0.6 is 0 Å². The molecule has 0 aromatic heterocycles. The SMILES string of the molecule is CC12CCC(C=C1C#C/C=C/c1ccccc1)C2(C)C. The molecule has 2 aliphatic carbocycles. The molecule has 1 fully saturated rings. The van der Waals surface area contributed by atoms with Gasteiger partial charge in [-0.2, -0.15) is 0 Å². The summed E-state index contributed by atoms with van der Waals surface area (Å²) in [5.41, 5.74) is 3.22. The second kappa shape index (κ2) is 4.67. The zero-order valence-electron chi connectivity index (χ0n) is 12.6. The summed E-state index contributed by atoms with van der Waals surface area (Å²) in [6.07, 6.45) is 9.09. The van der Waals surface area contributed by atoms with Crippen LogP contribution in [0.1, 0.15) is 39.2 Å². The highest BCUT2D eigenvalue weighted by Crippen LogP contribution is 2.64. The number of fused-ring (bicyclic) bond motifs is 2. The first-order valence-corrected chi connectivity index (χ1v) is 7.49. The lowest BCUT2D eigenvalue weighted by atomic mass is 9.67. The molecule has 0 amide bonds. The Morgan fingerprint density at radius 2 is 1.90 bits per heavy atom. The van der Waals surface area contributed by atoms with Crippen molar-refractivity contribution in [3.63, 3.8) is 0 Å². The van der Waals surface area contributed by atoms with Crippen molar-refractivity contribution in [2.45, 2.75) is 33.6 Å². The molecular formula is C20H22. The van der Waals surface area contributed by atoms with Gasteiger partial charge in [-0.15, -0.1) is 0 Å². The fourth-order valence-electron chi connectivity index (χ4n) is 3.70. The van der Waals surface area contributed by atoms with Gasteiger partial charge in [-0.05, 0) is 41.9 Å². The second-order valence-corrected chi connectivity index (χ2v) is 6.79. The molecule has 2 unspecified atom stereocenters. The summed E-state index contributed by atoms with van der Waals surface area (Å²) in [7, 11) is 0. The van der Waals surface area contributed by atoms with Crippen LogP contribution in [0, 0.1) is 28.6 Å². The third-order valence-electron chi connectivity index (χ3n) is 5.63. The zero-order chi connectivity index (χ0) is 14.2. The van der Waals surface area contributed by atoms with E-state index in [2.05, 4.69) is 69.0 Å². The van der Waals surface area contributed by atoms with Gasteiger partial charge in [0.1, 0.15) is 0 Å². The maximum absolute atomic E-state index is 3.40. The molecule has 2 atom stereocenters. The fourth-order valence-corrected chi connectivity index (χ4v) is 3.70. The number of allylic oxidation sites excluding steroid dienone is 3. The number of hydrogen-bond acceptors (Lipinski definition) is 0. The summed E-state index contributed by atoms with van der Waals surface area (Å²) < 4.78 is 0. The molecule has 1 aromatic carbocycles. The van der Waals surface area contributed by atoms with Crippen molar-refractivity contribution < 1.29 is 0 Å². The van der Waals surface area contributed by atoms with E-state index in [4.69, 9.17) is 0 Å². The molecule has 0 nitrogen and oxygen atoms in total. The Morgan fingerprint density at radius 1 is 1.15 bits per heavy atom. The summed E-state index contributed by atoms with van der Waals surface area (Å²) >= 11 is 0. The lowest BCUT2D eigenvalue weighted by Crippen LogP contribution is -2.29. The van der Waals surface area contributed by atoms with E-state index in [0.29, 0.717) is 5.41 Å². The highest BCUT2D eigenvalue weighted by atomic mass is 14.6. The van der Waals surface area contributed by atoms with Crippen LogP contribution in [0.3, 0.4) is 0 Å². The van der Waals surface area contributed by atoms with Crippen LogP contribution in [-0.4, -0.2) is 0 Å². The molecule has 2 bridgehead atoms. The van der Waals surface area contributed by atoms with Gasteiger partial charge in [0.25, 0.3) is 0 Å². The Bertz CT molecular complexity index is 619. The molecular weight excluding hydrogens is 240 g/mol. The summed E-state index contributed by atoms with van der Waals surface area (Å²) in [6, 6.07) is 10.3. The average Bonchev–Trinajstić information content (AvgIpc) is 2.78.